The number of hydrogen-bond donors (Lipinski definition) is 1. The van der Waals surface area contributed by atoms with Crippen molar-refractivity contribution in [1.29, 1.82) is 0 Å². The fourth-order valence-corrected chi connectivity index (χ4v) is 4.86. The normalized spacial score (nSPS) is 20.8. The first-order valence-corrected chi connectivity index (χ1v) is 11.0. The van der Waals surface area contributed by atoms with Crippen molar-refractivity contribution >= 4 is 41.7 Å². The second-order valence-corrected chi connectivity index (χ2v) is 8.72. The predicted octanol–water partition coefficient (Wildman–Crippen LogP) is 5.17. The van der Waals surface area contributed by atoms with E-state index in [1.165, 1.54) is 31.2 Å². The molecule has 3 heterocycles. The number of nitrogens with zero attached hydrogens (tertiary/aromatic N) is 4. The van der Waals surface area contributed by atoms with Crippen LogP contribution in [0, 0.1) is 0 Å². The number of anilines is 1. The molecular weight excluding hydrogens is 421 g/mol. The van der Waals surface area contributed by atoms with Crippen LogP contribution in [0.4, 0.5) is 10.6 Å². The number of amidine groups is 1. The summed E-state index contributed by atoms with van der Waals surface area (Å²) in [6, 6.07) is 7.92. The zero-order valence-electron chi connectivity index (χ0n) is 17.1. The van der Waals surface area contributed by atoms with Crippen LogP contribution in [0.5, 0.6) is 0 Å². The van der Waals surface area contributed by atoms with E-state index < -0.39 is 0 Å². The molecule has 0 radical (unpaired) electrons. The minimum Gasteiger partial charge on any atom is -0.337 e. The molecule has 1 fully saturated rings. The Morgan fingerprint density at radius 2 is 1.93 bits per heavy atom. The van der Waals surface area contributed by atoms with Gasteiger partial charge in [-0.05, 0) is 43.4 Å². The van der Waals surface area contributed by atoms with Crippen molar-refractivity contribution in [2.45, 2.75) is 57.4 Å². The van der Waals surface area contributed by atoms with Gasteiger partial charge in [0.2, 0.25) is 0 Å². The van der Waals surface area contributed by atoms with E-state index in [-0.39, 0.29) is 24.5 Å². The number of nitrogens with one attached hydrogen (secondary N) is 1. The molecule has 6 nitrogen and oxygen atoms in total. The highest BCUT2D eigenvalue weighted by Gasteiger charge is 2.42. The zero-order valence-corrected chi connectivity index (χ0v) is 18.7. The Morgan fingerprint density at radius 1 is 1.20 bits per heavy atom. The molecule has 1 aromatic heterocycles. The second kappa shape index (κ2) is 8.60. The number of rotatable bonds is 5. The number of aliphatic imine (C=N–C) groups is 1. The summed E-state index contributed by atoms with van der Waals surface area (Å²) in [7, 11) is 0. The molecule has 8 heteroatoms. The fourth-order valence-electron chi connectivity index (χ4n) is 4.74. The minimum absolute atomic E-state index is 0. The van der Waals surface area contributed by atoms with Crippen molar-refractivity contribution in [1.82, 2.24) is 14.9 Å². The average molecular weight is 448 g/mol. The number of aromatic nitrogens is 2. The number of carbonyl (C=O) groups excluding carboxylic acids is 1. The van der Waals surface area contributed by atoms with E-state index in [1.807, 2.05) is 34.1 Å². The Hall–Kier alpha value is -2.05. The van der Waals surface area contributed by atoms with E-state index in [0.29, 0.717) is 19.0 Å². The van der Waals surface area contributed by atoms with E-state index in [4.69, 9.17) is 21.6 Å². The Balaban J connectivity index is 0.00000218. The predicted molar refractivity (Wildman–Crippen MR) is 122 cm³/mol. The number of benzene rings is 1. The molecule has 2 aromatic rings. The molecule has 3 aliphatic rings. The summed E-state index contributed by atoms with van der Waals surface area (Å²) in [6.45, 7) is 3.37. The monoisotopic (exact) mass is 447 g/mol. The summed E-state index contributed by atoms with van der Waals surface area (Å²) >= 11 is 6.01. The SMILES string of the molecule is CCCN1C(=O)N2CC(Cc3ccc(Cl)cc3)N=C2c2[nH]c(C3CCCC3)nc21.Cl. The van der Waals surface area contributed by atoms with Gasteiger partial charge in [0.15, 0.2) is 11.7 Å². The number of aromatic amines is 1. The first-order chi connectivity index (χ1) is 14.1. The molecule has 1 saturated carbocycles. The number of hydrogen-bond acceptors (Lipinski definition) is 3. The van der Waals surface area contributed by atoms with Gasteiger partial charge in [-0.3, -0.25) is 14.8 Å². The third-order valence-corrected chi connectivity index (χ3v) is 6.42. The van der Waals surface area contributed by atoms with Crippen LogP contribution in [0.1, 0.15) is 62.0 Å². The smallest absolute Gasteiger partial charge is 0.331 e. The largest absolute Gasteiger partial charge is 0.337 e. The van der Waals surface area contributed by atoms with Crippen LogP contribution in [0.2, 0.25) is 5.02 Å². The molecule has 2 aliphatic heterocycles. The van der Waals surface area contributed by atoms with Crippen LogP contribution in [0.3, 0.4) is 0 Å². The van der Waals surface area contributed by atoms with Crippen molar-refractivity contribution in [2.24, 2.45) is 4.99 Å². The molecule has 30 heavy (non-hydrogen) atoms. The van der Waals surface area contributed by atoms with Gasteiger partial charge in [0.25, 0.3) is 0 Å². The Bertz CT molecular complexity index is 949. The second-order valence-electron chi connectivity index (χ2n) is 8.28. The Labute approximate surface area is 188 Å². The van der Waals surface area contributed by atoms with Crippen molar-refractivity contribution in [3.8, 4) is 0 Å². The van der Waals surface area contributed by atoms with Gasteiger partial charge in [0, 0.05) is 17.5 Å². The first-order valence-electron chi connectivity index (χ1n) is 10.7. The summed E-state index contributed by atoms with van der Waals surface area (Å²) in [4.78, 5) is 30.3. The van der Waals surface area contributed by atoms with Gasteiger partial charge in [0.05, 0.1) is 12.6 Å². The third kappa shape index (κ3) is 3.71. The van der Waals surface area contributed by atoms with Crippen molar-refractivity contribution < 1.29 is 4.79 Å². The lowest BCUT2D eigenvalue weighted by molar-refractivity contribution is 0.226. The fraction of sp³-hybridized carbons (Fsp3) is 0.500. The summed E-state index contributed by atoms with van der Waals surface area (Å²) in [5.74, 6) is 3.01. The molecule has 1 atom stereocenters. The van der Waals surface area contributed by atoms with Crippen LogP contribution in [-0.2, 0) is 6.42 Å². The van der Waals surface area contributed by atoms with E-state index >= 15 is 0 Å². The number of imidazole rings is 1. The lowest BCUT2D eigenvalue weighted by Crippen LogP contribution is -2.50. The summed E-state index contributed by atoms with van der Waals surface area (Å²) in [5.41, 5.74) is 2.09. The van der Waals surface area contributed by atoms with Gasteiger partial charge in [-0.25, -0.2) is 9.78 Å². The van der Waals surface area contributed by atoms with Crippen LogP contribution in [0.15, 0.2) is 29.3 Å². The van der Waals surface area contributed by atoms with E-state index in [9.17, 15) is 4.79 Å². The van der Waals surface area contributed by atoms with Gasteiger partial charge in [0.1, 0.15) is 11.5 Å². The summed E-state index contributed by atoms with van der Waals surface area (Å²) in [6.07, 6.45) is 6.53. The average Bonchev–Trinajstić information content (AvgIpc) is 3.45. The van der Waals surface area contributed by atoms with E-state index in [0.717, 1.165) is 41.0 Å². The molecule has 0 spiro atoms. The zero-order chi connectivity index (χ0) is 20.0. The molecule has 160 valence electrons. The lowest BCUT2D eigenvalue weighted by Gasteiger charge is -2.32. The molecule has 1 unspecified atom stereocenters. The number of urea groups is 1. The van der Waals surface area contributed by atoms with Crippen molar-refractivity contribution in [2.75, 3.05) is 18.0 Å². The quantitative estimate of drug-likeness (QED) is 0.686. The molecule has 2 amide bonds. The van der Waals surface area contributed by atoms with Crippen molar-refractivity contribution in [3.63, 3.8) is 0 Å². The van der Waals surface area contributed by atoms with Crippen LogP contribution in [-0.4, -0.2) is 45.9 Å². The maximum atomic E-state index is 13.2. The number of amides is 2. The van der Waals surface area contributed by atoms with Crippen molar-refractivity contribution in [3.05, 3.63) is 46.4 Å². The van der Waals surface area contributed by atoms with E-state index in [1.54, 1.807) is 0 Å². The van der Waals surface area contributed by atoms with Gasteiger partial charge >= 0.3 is 6.03 Å². The van der Waals surface area contributed by atoms with Crippen LogP contribution >= 0.6 is 24.0 Å². The minimum atomic E-state index is 0. The number of fused-ring (bicyclic) bond motifs is 3. The highest BCUT2D eigenvalue weighted by Crippen LogP contribution is 2.37. The van der Waals surface area contributed by atoms with Gasteiger partial charge in [-0.2, -0.15) is 0 Å². The van der Waals surface area contributed by atoms with E-state index in [2.05, 4.69) is 11.9 Å². The molecule has 0 saturated heterocycles. The maximum absolute atomic E-state index is 13.2. The molecule has 1 aliphatic carbocycles. The summed E-state index contributed by atoms with van der Waals surface area (Å²) < 4.78 is 0. The molecule has 0 bridgehead atoms. The topological polar surface area (TPSA) is 64.6 Å². The first kappa shape index (κ1) is 21.2. The molecule has 1 aromatic carbocycles. The highest BCUT2D eigenvalue weighted by molar-refractivity contribution is 6.30. The Morgan fingerprint density at radius 3 is 2.63 bits per heavy atom. The summed E-state index contributed by atoms with van der Waals surface area (Å²) in [5, 5.41) is 0.732. The molecular formula is C22H27Cl2N5O. The number of halogens is 2. The number of H-pyrrole nitrogens is 1. The number of carbonyl (C=O) groups is 1. The van der Waals surface area contributed by atoms with Crippen LogP contribution in [0.25, 0.3) is 0 Å². The lowest BCUT2D eigenvalue weighted by atomic mass is 10.1. The van der Waals surface area contributed by atoms with Gasteiger partial charge in [-0.15, -0.1) is 12.4 Å². The Kier molecular flexibility index (Phi) is 6.07. The maximum Gasteiger partial charge on any atom is 0.331 e. The third-order valence-electron chi connectivity index (χ3n) is 6.17. The standard InChI is InChI=1S/C22H26ClN5O.ClH/c1-2-11-27-21-18(25-19(26-21)15-5-3-4-6-15)20-24-17(13-28(20)22(27)29)12-14-7-9-16(23)10-8-14;/h7-10,15,17H,2-6,11-13H2,1H3,(H,25,26);1H. The van der Waals surface area contributed by atoms with Crippen LogP contribution < -0.4 is 4.90 Å². The van der Waals surface area contributed by atoms with Gasteiger partial charge < -0.3 is 4.98 Å². The molecule has 5 rings (SSSR count). The van der Waals surface area contributed by atoms with Gasteiger partial charge in [-0.1, -0.05) is 43.5 Å². The molecule has 1 N–H and O–H groups in total. The highest BCUT2D eigenvalue weighted by atomic mass is 35.5.